The molecule has 0 unspecified atom stereocenters. The van der Waals surface area contributed by atoms with Gasteiger partial charge in [0.15, 0.2) is 0 Å². The molecule has 0 heterocycles. The first-order chi connectivity index (χ1) is 19.4. The maximum atomic E-state index is 13.1. The number of alkyl carbamates (subject to hydrolysis) is 1. The van der Waals surface area contributed by atoms with Crippen LogP contribution in [0.1, 0.15) is 48.3 Å². The maximum absolute atomic E-state index is 13.1. The van der Waals surface area contributed by atoms with Gasteiger partial charge in [0.1, 0.15) is 24.8 Å². The highest BCUT2D eigenvalue weighted by Crippen LogP contribution is 2.44. The molecule has 3 aromatic rings. The minimum Gasteiger partial charge on any atom is -0.480 e. The van der Waals surface area contributed by atoms with Crippen LogP contribution in [0.15, 0.2) is 78.9 Å². The minimum atomic E-state index is -1.41. The Morgan fingerprint density at radius 1 is 0.850 bits per heavy atom. The summed E-state index contributed by atoms with van der Waals surface area (Å²) in [7, 11) is 0. The molecule has 2 amide bonds. The molecule has 1 fully saturated rings. The van der Waals surface area contributed by atoms with Crippen molar-refractivity contribution in [3.05, 3.63) is 95.6 Å². The van der Waals surface area contributed by atoms with Crippen molar-refractivity contribution >= 4 is 23.9 Å². The van der Waals surface area contributed by atoms with E-state index in [-0.39, 0.29) is 32.0 Å². The Bertz CT molecular complexity index is 1370. The molecular formula is C31H30N2O7. The molecule has 0 saturated heterocycles. The van der Waals surface area contributed by atoms with Crippen LogP contribution in [0.4, 0.5) is 4.79 Å². The normalized spacial score (nSPS) is 15.5. The Hall–Kier alpha value is -4.66. The topological polar surface area (TPSA) is 131 Å². The lowest BCUT2D eigenvalue weighted by Gasteiger charge is -2.39. The third-order valence-corrected chi connectivity index (χ3v) is 7.54. The van der Waals surface area contributed by atoms with Gasteiger partial charge in [-0.25, -0.2) is 9.59 Å². The fourth-order valence-electron chi connectivity index (χ4n) is 5.20. The molecule has 0 aliphatic heterocycles. The molecule has 40 heavy (non-hydrogen) atoms. The first-order valence-corrected chi connectivity index (χ1v) is 13.2. The Balaban J connectivity index is 1.25. The molecule has 5 rings (SSSR count). The molecule has 2 aliphatic rings. The molecule has 9 nitrogen and oxygen atoms in total. The largest absolute Gasteiger partial charge is 0.480 e. The van der Waals surface area contributed by atoms with Crippen LogP contribution in [0, 0.1) is 0 Å². The highest BCUT2D eigenvalue weighted by molar-refractivity contribution is 5.94. The number of rotatable bonds is 10. The van der Waals surface area contributed by atoms with Crippen molar-refractivity contribution in [3.63, 3.8) is 0 Å². The quantitative estimate of drug-likeness (QED) is 0.328. The van der Waals surface area contributed by atoms with Crippen molar-refractivity contribution in [1.82, 2.24) is 10.6 Å². The summed E-state index contributed by atoms with van der Waals surface area (Å²) in [6.07, 6.45) is -0.195. The molecule has 9 heteroatoms. The number of amides is 2. The third-order valence-electron chi connectivity index (χ3n) is 7.54. The smallest absolute Gasteiger partial charge is 0.407 e. The van der Waals surface area contributed by atoms with Crippen LogP contribution in [-0.2, 0) is 30.5 Å². The van der Waals surface area contributed by atoms with Gasteiger partial charge in [-0.3, -0.25) is 9.59 Å². The first-order valence-electron chi connectivity index (χ1n) is 13.2. The number of hydrogen-bond acceptors (Lipinski definition) is 6. The summed E-state index contributed by atoms with van der Waals surface area (Å²) in [6, 6.07) is 23.4. The average Bonchev–Trinajstić information content (AvgIpc) is 3.26. The van der Waals surface area contributed by atoms with Crippen LogP contribution >= 0.6 is 0 Å². The molecule has 0 radical (unpaired) electrons. The Labute approximate surface area is 231 Å². The van der Waals surface area contributed by atoms with Gasteiger partial charge in [0.05, 0.1) is 6.42 Å². The van der Waals surface area contributed by atoms with E-state index in [0.29, 0.717) is 6.42 Å². The molecule has 1 atom stereocenters. The van der Waals surface area contributed by atoms with E-state index in [0.717, 1.165) is 27.8 Å². The standard InChI is InChI=1S/C31H30N2O7/c34-27(39-18-20-9-2-1-3-10-20)17-26(28(35)33-31(29(36)37)15-8-16-31)32-30(38)40-19-25-23-13-6-4-11-21(23)22-12-5-7-14-24(22)25/h1-7,9-14,25-26H,8,15-19H2,(H,32,38)(H,33,35)(H,36,37)/t26-/m0/s1. The van der Waals surface area contributed by atoms with Crippen molar-refractivity contribution in [2.45, 2.75) is 49.8 Å². The number of carboxylic acids is 1. The third kappa shape index (κ3) is 5.68. The summed E-state index contributed by atoms with van der Waals surface area (Å²) in [6.45, 7) is 0.0176. The van der Waals surface area contributed by atoms with Gasteiger partial charge in [0, 0.05) is 5.92 Å². The van der Waals surface area contributed by atoms with Crippen LogP contribution < -0.4 is 10.6 Å². The van der Waals surface area contributed by atoms with Gasteiger partial charge in [0.2, 0.25) is 5.91 Å². The summed E-state index contributed by atoms with van der Waals surface area (Å²) in [4.78, 5) is 50.5. The second kappa shape index (κ2) is 11.6. The summed E-state index contributed by atoms with van der Waals surface area (Å²) >= 11 is 0. The number of ether oxygens (including phenoxy) is 2. The first kappa shape index (κ1) is 26.9. The maximum Gasteiger partial charge on any atom is 0.407 e. The second-order valence-corrected chi connectivity index (χ2v) is 10.1. The van der Waals surface area contributed by atoms with E-state index in [1.54, 1.807) is 12.1 Å². The van der Waals surface area contributed by atoms with Crippen LogP contribution in [0.25, 0.3) is 11.1 Å². The van der Waals surface area contributed by atoms with Gasteiger partial charge in [-0.2, -0.15) is 0 Å². The predicted molar refractivity (Wildman–Crippen MR) is 145 cm³/mol. The fraction of sp³-hybridized carbons (Fsp3) is 0.290. The average molecular weight is 543 g/mol. The van der Waals surface area contributed by atoms with Crippen molar-refractivity contribution in [3.8, 4) is 11.1 Å². The summed E-state index contributed by atoms with van der Waals surface area (Å²) in [5, 5.41) is 14.6. The highest BCUT2D eigenvalue weighted by Gasteiger charge is 2.47. The number of carbonyl (C=O) groups is 4. The monoisotopic (exact) mass is 542 g/mol. The number of nitrogens with one attached hydrogen (secondary N) is 2. The van der Waals surface area contributed by atoms with Crippen LogP contribution in [0.3, 0.4) is 0 Å². The molecule has 0 bridgehead atoms. The molecule has 0 aromatic heterocycles. The molecule has 1 saturated carbocycles. The van der Waals surface area contributed by atoms with E-state index in [1.165, 1.54) is 0 Å². The predicted octanol–water partition coefficient (Wildman–Crippen LogP) is 4.15. The zero-order valence-electron chi connectivity index (χ0n) is 21.8. The number of carbonyl (C=O) groups excluding carboxylic acids is 3. The van der Waals surface area contributed by atoms with Crippen molar-refractivity contribution < 1.29 is 33.8 Å². The Kier molecular flexibility index (Phi) is 7.82. The number of hydrogen-bond donors (Lipinski definition) is 3. The van der Waals surface area contributed by atoms with Crippen molar-refractivity contribution in [1.29, 1.82) is 0 Å². The van der Waals surface area contributed by atoms with E-state index in [4.69, 9.17) is 9.47 Å². The van der Waals surface area contributed by atoms with Gasteiger partial charge >= 0.3 is 18.0 Å². The van der Waals surface area contributed by atoms with Gasteiger partial charge in [0.25, 0.3) is 0 Å². The molecular weight excluding hydrogens is 512 g/mol. The van der Waals surface area contributed by atoms with Gasteiger partial charge in [-0.15, -0.1) is 0 Å². The number of esters is 1. The van der Waals surface area contributed by atoms with E-state index in [1.807, 2.05) is 66.7 Å². The summed E-state index contributed by atoms with van der Waals surface area (Å²) in [5.74, 6) is -2.85. The SMILES string of the molecule is O=C(C[C@H](NC(=O)OCC1c2ccccc2-c2ccccc21)C(=O)NC1(C(=O)O)CCC1)OCc1ccccc1. The summed E-state index contributed by atoms with van der Waals surface area (Å²) in [5.41, 5.74) is 3.56. The van der Waals surface area contributed by atoms with Crippen molar-refractivity contribution in [2.75, 3.05) is 6.61 Å². The fourth-order valence-corrected chi connectivity index (χ4v) is 5.20. The number of benzene rings is 3. The van der Waals surface area contributed by atoms with E-state index < -0.39 is 41.9 Å². The zero-order chi connectivity index (χ0) is 28.1. The van der Waals surface area contributed by atoms with Gasteiger partial charge in [-0.1, -0.05) is 78.9 Å². The van der Waals surface area contributed by atoms with E-state index in [9.17, 15) is 24.3 Å². The minimum absolute atomic E-state index is 0.00196. The number of aliphatic carboxylic acids is 1. The van der Waals surface area contributed by atoms with Gasteiger partial charge in [-0.05, 0) is 47.1 Å². The number of carboxylic acid groups (broad SMARTS) is 1. The lowest BCUT2D eigenvalue weighted by Crippen LogP contribution is -2.63. The Morgan fingerprint density at radius 2 is 1.45 bits per heavy atom. The van der Waals surface area contributed by atoms with Gasteiger partial charge < -0.3 is 25.2 Å². The molecule has 3 aromatic carbocycles. The van der Waals surface area contributed by atoms with Crippen LogP contribution in [-0.4, -0.2) is 47.2 Å². The molecule has 0 spiro atoms. The molecule has 2 aliphatic carbocycles. The van der Waals surface area contributed by atoms with Crippen LogP contribution in [0.5, 0.6) is 0 Å². The second-order valence-electron chi connectivity index (χ2n) is 10.1. The van der Waals surface area contributed by atoms with Crippen molar-refractivity contribution in [2.24, 2.45) is 0 Å². The lowest BCUT2D eigenvalue weighted by atomic mass is 9.76. The van der Waals surface area contributed by atoms with Crippen LogP contribution in [0.2, 0.25) is 0 Å². The lowest BCUT2D eigenvalue weighted by molar-refractivity contribution is -0.152. The van der Waals surface area contributed by atoms with E-state index in [2.05, 4.69) is 10.6 Å². The number of fused-ring (bicyclic) bond motifs is 3. The highest BCUT2D eigenvalue weighted by atomic mass is 16.5. The summed E-state index contributed by atoms with van der Waals surface area (Å²) < 4.78 is 10.9. The molecule has 3 N–H and O–H groups in total. The molecule has 206 valence electrons. The van der Waals surface area contributed by atoms with E-state index >= 15 is 0 Å². The zero-order valence-corrected chi connectivity index (χ0v) is 21.8. The Morgan fingerprint density at radius 3 is 2.02 bits per heavy atom.